The quantitative estimate of drug-likeness (QED) is 0.0307. The molecule has 0 aliphatic carbocycles. The molecule has 0 bridgehead atoms. The van der Waals surface area contributed by atoms with Crippen LogP contribution in [0.3, 0.4) is 0 Å². The lowest BCUT2D eigenvalue weighted by molar-refractivity contribution is -0.379. The summed E-state index contributed by atoms with van der Waals surface area (Å²) >= 11 is 0. The number of unbranched alkanes of at least 4 members (excludes halogenated alkanes) is 20. The van der Waals surface area contributed by atoms with E-state index in [1.807, 2.05) is 13.0 Å². The van der Waals surface area contributed by atoms with Crippen molar-refractivity contribution in [1.82, 2.24) is 5.32 Å². The highest BCUT2D eigenvalue weighted by molar-refractivity contribution is 5.76. The van der Waals surface area contributed by atoms with Crippen LogP contribution in [0.5, 0.6) is 0 Å². The maximum absolute atomic E-state index is 12.8. The summed E-state index contributed by atoms with van der Waals surface area (Å²) in [5.41, 5.74) is 0. The molecule has 1 amide bonds. The highest BCUT2D eigenvalue weighted by Gasteiger charge is 2.53. The first-order valence-corrected chi connectivity index (χ1v) is 28.2. The van der Waals surface area contributed by atoms with Gasteiger partial charge in [0, 0.05) is 6.42 Å². The SMILES string of the molecule is CCCCCCCCCCCCCCCCCCC/C=C/CC/C=C/CC/C=C/C(O)C(COC1OC(CO)C(OC2OC(CO)C(OC3OC(CO)C(O)C(O)C3O)C(O)C2O)C(O)C1O)NC(=O)CCCC. The minimum Gasteiger partial charge on any atom is -0.394 e. The Kier molecular flexibility index (Phi) is 35.3. The molecule has 0 saturated carbocycles. The van der Waals surface area contributed by atoms with Crippen molar-refractivity contribution < 1.29 is 89.4 Å². The largest absolute Gasteiger partial charge is 0.394 e. The van der Waals surface area contributed by atoms with Gasteiger partial charge in [0.2, 0.25) is 5.91 Å². The molecule has 17 atom stereocenters. The lowest BCUT2D eigenvalue weighted by Crippen LogP contribution is -2.66. The predicted molar refractivity (Wildman–Crippen MR) is 277 cm³/mol. The van der Waals surface area contributed by atoms with E-state index in [4.69, 9.17) is 28.4 Å². The van der Waals surface area contributed by atoms with Crippen LogP contribution in [0.25, 0.3) is 0 Å². The Hall–Kier alpha value is -1.99. The first-order valence-electron chi connectivity index (χ1n) is 28.2. The van der Waals surface area contributed by atoms with Crippen LogP contribution in [0, 0.1) is 0 Å². The lowest BCUT2D eigenvalue weighted by atomic mass is 9.96. The Labute approximate surface area is 440 Å². The molecule has 3 fully saturated rings. The fourth-order valence-electron chi connectivity index (χ4n) is 9.43. The van der Waals surface area contributed by atoms with Crippen molar-refractivity contribution >= 4 is 5.91 Å². The zero-order valence-electron chi connectivity index (χ0n) is 44.6. The summed E-state index contributed by atoms with van der Waals surface area (Å²) in [6, 6.07) is -0.989. The third-order valence-corrected chi connectivity index (χ3v) is 14.2. The number of aliphatic hydroxyl groups excluding tert-OH is 11. The van der Waals surface area contributed by atoms with Crippen molar-refractivity contribution in [2.75, 3.05) is 26.4 Å². The van der Waals surface area contributed by atoms with Crippen molar-refractivity contribution in [1.29, 1.82) is 0 Å². The molecule has 432 valence electrons. The minimum atomic E-state index is -1.98. The highest BCUT2D eigenvalue weighted by atomic mass is 16.8. The average Bonchev–Trinajstić information content (AvgIpc) is 3.40. The van der Waals surface area contributed by atoms with Crippen molar-refractivity contribution in [2.24, 2.45) is 0 Å². The van der Waals surface area contributed by atoms with Gasteiger partial charge in [0.15, 0.2) is 18.9 Å². The number of aliphatic hydroxyl groups is 11. The summed E-state index contributed by atoms with van der Waals surface area (Å²) in [7, 11) is 0. The fraction of sp³-hybridized carbons (Fsp3) is 0.873. The molecule has 3 aliphatic heterocycles. The van der Waals surface area contributed by atoms with Crippen LogP contribution < -0.4 is 5.32 Å². The van der Waals surface area contributed by atoms with E-state index in [2.05, 4.69) is 36.5 Å². The van der Waals surface area contributed by atoms with Crippen LogP contribution in [-0.4, -0.2) is 193 Å². The maximum Gasteiger partial charge on any atom is 0.220 e. The maximum atomic E-state index is 12.8. The Bertz CT molecular complexity index is 1500. The van der Waals surface area contributed by atoms with E-state index in [9.17, 15) is 61.0 Å². The van der Waals surface area contributed by atoms with Gasteiger partial charge in [0.1, 0.15) is 73.2 Å². The van der Waals surface area contributed by atoms with Gasteiger partial charge in [-0.15, -0.1) is 0 Å². The second-order valence-electron chi connectivity index (χ2n) is 20.4. The molecule has 0 aromatic heterocycles. The van der Waals surface area contributed by atoms with Gasteiger partial charge in [-0.05, 0) is 44.9 Å². The molecule has 0 radical (unpaired) electrons. The number of nitrogens with one attached hydrogen (secondary N) is 1. The molecule has 3 saturated heterocycles. The molecule has 19 nitrogen and oxygen atoms in total. The Morgan fingerprint density at radius 2 is 0.865 bits per heavy atom. The van der Waals surface area contributed by atoms with Gasteiger partial charge in [-0.1, -0.05) is 159 Å². The molecule has 0 spiro atoms. The summed E-state index contributed by atoms with van der Waals surface area (Å²) in [5, 5.41) is 119. The van der Waals surface area contributed by atoms with E-state index in [0.29, 0.717) is 12.8 Å². The minimum absolute atomic E-state index is 0.206. The summed E-state index contributed by atoms with van der Waals surface area (Å²) in [6.07, 6.45) is 14.7. The summed E-state index contributed by atoms with van der Waals surface area (Å²) in [6.45, 7) is 1.41. The van der Waals surface area contributed by atoms with Gasteiger partial charge in [-0.2, -0.15) is 0 Å². The molecule has 3 heterocycles. The first-order chi connectivity index (χ1) is 35.8. The zero-order valence-corrected chi connectivity index (χ0v) is 44.6. The van der Waals surface area contributed by atoms with Gasteiger partial charge in [0.05, 0.1) is 38.6 Å². The van der Waals surface area contributed by atoms with E-state index in [1.54, 1.807) is 6.08 Å². The van der Waals surface area contributed by atoms with Gasteiger partial charge in [0.25, 0.3) is 0 Å². The first kappa shape index (κ1) is 66.3. The number of ether oxygens (including phenoxy) is 6. The molecule has 74 heavy (non-hydrogen) atoms. The van der Waals surface area contributed by atoms with E-state index >= 15 is 0 Å². The van der Waals surface area contributed by atoms with E-state index in [0.717, 1.165) is 32.1 Å². The highest BCUT2D eigenvalue weighted by Crippen LogP contribution is 2.33. The van der Waals surface area contributed by atoms with Crippen LogP contribution >= 0.6 is 0 Å². The number of carbonyl (C=O) groups is 1. The second-order valence-corrected chi connectivity index (χ2v) is 20.4. The summed E-state index contributed by atoms with van der Waals surface area (Å²) < 4.78 is 33.9. The summed E-state index contributed by atoms with van der Waals surface area (Å²) in [4.78, 5) is 12.8. The number of hydrogen-bond acceptors (Lipinski definition) is 18. The molecule has 0 aromatic rings. The fourth-order valence-corrected chi connectivity index (χ4v) is 9.43. The molecular weight excluding hydrogens is 963 g/mol. The van der Waals surface area contributed by atoms with Crippen molar-refractivity contribution in [2.45, 2.75) is 279 Å². The monoisotopic (exact) mass is 1060 g/mol. The predicted octanol–water partition coefficient (Wildman–Crippen LogP) is 3.76. The van der Waals surface area contributed by atoms with Gasteiger partial charge < -0.3 is 89.9 Å². The van der Waals surface area contributed by atoms with E-state index in [1.165, 1.54) is 109 Å². The van der Waals surface area contributed by atoms with Crippen LogP contribution in [0.1, 0.15) is 174 Å². The molecule has 3 aliphatic rings. The second kappa shape index (κ2) is 39.4. The number of hydrogen-bond donors (Lipinski definition) is 12. The third kappa shape index (κ3) is 23.9. The van der Waals surface area contributed by atoms with Gasteiger partial charge >= 0.3 is 0 Å². The molecule has 3 rings (SSSR count). The smallest absolute Gasteiger partial charge is 0.220 e. The van der Waals surface area contributed by atoms with E-state index in [-0.39, 0.29) is 18.9 Å². The number of amides is 1. The standard InChI is InChI=1S/C55H99NO18/c1-3-5-7-8-9-10-11-12-13-14-15-16-17-18-19-20-21-22-23-24-25-26-27-28-29-30-31-32-39(60)38(56-43(61)33-6-4-2)37-69-53-49(67)46(64)51(41(35-58)71-53)74-55-50(68)47(65)52(42(36-59)72-55)73-54-48(66)45(63)44(62)40(34-57)70-54/h23-24,27-28,31-32,38-42,44-55,57-60,62-68H,3-22,25-26,29-30,33-37H2,1-2H3,(H,56,61)/b24-23+,28-27+,32-31+. The van der Waals surface area contributed by atoms with Crippen LogP contribution in [0.2, 0.25) is 0 Å². The van der Waals surface area contributed by atoms with Crippen LogP contribution in [-0.2, 0) is 33.2 Å². The zero-order chi connectivity index (χ0) is 54.1. The lowest BCUT2D eigenvalue weighted by Gasteiger charge is -2.48. The van der Waals surface area contributed by atoms with Crippen molar-refractivity contribution in [3.05, 3.63) is 36.5 Å². The molecule has 0 aromatic carbocycles. The summed E-state index contributed by atoms with van der Waals surface area (Å²) in [5.74, 6) is -0.327. The Balaban J connectivity index is 1.37. The number of allylic oxidation sites excluding steroid dienone is 5. The third-order valence-electron chi connectivity index (χ3n) is 14.2. The van der Waals surface area contributed by atoms with Crippen LogP contribution in [0.4, 0.5) is 0 Å². The number of rotatable bonds is 40. The number of carbonyl (C=O) groups excluding carboxylic acids is 1. The van der Waals surface area contributed by atoms with E-state index < -0.39 is 124 Å². The van der Waals surface area contributed by atoms with Gasteiger partial charge in [-0.25, -0.2) is 0 Å². The molecular formula is C55H99NO18. The van der Waals surface area contributed by atoms with Crippen LogP contribution in [0.15, 0.2) is 36.5 Å². The molecule has 17 unspecified atom stereocenters. The molecule has 12 N–H and O–H groups in total. The van der Waals surface area contributed by atoms with Gasteiger partial charge in [-0.3, -0.25) is 4.79 Å². The normalized spacial score (nSPS) is 31.7. The molecule has 19 heteroatoms. The van der Waals surface area contributed by atoms with Crippen molar-refractivity contribution in [3.8, 4) is 0 Å². The Morgan fingerprint density at radius 3 is 1.34 bits per heavy atom. The average molecular weight is 1060 g/mol. The Morgan fingerprint density at radius 1 is 0.473 bits per heavy atom. The topological polar surface area (TPSA) is 307 Å². The van der Waals surface area contributed by atoms with Crippen molar-refractivity contribution in [3.63, 3.8) is 0 Å².